The predicted octanol–water partition coefficient (Wildman–Crippen LogP) is 2.64. The smallest absolute Gasteiger partial charge is 0.151 e. The van der Waals surface area contributed by atoms with Crippen LogP contribution in [0.5, 0.6) is 0 Å². The summed E-state index contributed by atoms with van der Waals surface area (Å²) in [5, 5.41) is 0.804. The summed E-state index contributed by atoms with van der Waals surface area (Å²) in [5.41, 5.74) is 7.82. The summed E-state index contributed by atoms with van der Waals surface area (Å²) in [6.45, 7) is 3.62. The minimum absolute atomic E-state index is 0.735. The zero-order chi connectivity index (χ0) is 13.9. The SMILES string of the molecule is Nc1cccnc1N1CCN(c2ccccc2Cl)CC1. The van der Waals surface area contributed by atoms with Gasteiger partial charge in [0, 0.05) is 32.4 Å². The normalized spacial score (nSPS) is 15.4. The molecule has 1 fully saturated rings. The maximum Gasteiger partial charge on any atom is 0.151 e. The van der Waals surface area contributed by atoms with Gasteiger partial charge in [-0.1, -0.05) is 23.7 Å². The van der Waals surface area contributed by atoms with Crippen LogP contribution >= 0.6 is 11.6 Å². The number of hydrogen-bond donors (Lipinski definition) is 1. The standard InChI is InChI=1S/C15H17ClN4/c16-12-4-1-2-6-14(12)19-8-10-20(11-9-19)15-13(17)5-3-7-18-15/h1-7H,8-11,17H2. The van der Waals surface area contributed by atoms with Crippen LogP contribution in [-0.4, -0.2) is 31.2 Å². The second-order valence-corrected chi connectivity index (χ2v) is 5.25. The van der Waals surface area contributed by atoms with E-state index in [1.807, 2.05) is 30.3 Å². The Kier molecular flexibility index (Phi) is 3.65. The number of pyridine rings is 1. The van der Waals surface area contributed by atoms with Gasteiger partial charge < -0.3 is 15.5 Å². The van der Waals surface area contributed by atoms with E-state index in [2.05, 4.69) is 20.9 Å². The fraction of sp³-hybridized carbons (Fsp3) is 0.267. The molecule has 5 heteroatoms. The van der Waals surface area contributed by atoms with Gasteiger partial charge in [-0.05, 0) is 24.3 Å². The number of rotatable bonds is 2. The molecule has 0 unspecified atom stereocenters. The van der Waals surface area contributed by atoms with Crippen molar-refractivity contribution in [2.45, 2.75) is 0 Å². The molecule has 4 nitrogen and oxygen atoms in total. The molecular weight excluding hydrogens is 272 g/mol. The highest BCUT2D eigenvalue weighted by atomic mass is 35.5. The molecule has 2 heterocycles. The lowest BCUT2D eigenvalue weighted by Gasteiger charge is -2.37. The summed E-state index contributed by atoms with van der Waals surface area (Å²) in [4.78, 5) is 8.90. The van der Waals surface area contributed by atoms with E-state index >= 15 is 0 Å². The predicted molar refractivity (Wildman–Crippen MR) is 84.5 cm³/mol. The third-order valence-electron chi connectivity index (χ3n) is 3.59. The Balaban J connectivity index is 1.72. The highest BCUT2D eigenvalue weighted by molar-refractivity contribution is 6.33. The Labute approximate surface area is 123 Å². The van der Waals surface area contributed by atoms with Gasteiger partial charge in [-0.15, -0.1) is 0 Å². The minimum atomic E-state index is 0.735. The average Bonchev–Trinajstić information content (AvgIpc) is 2.49. The number of halogens is 1. The van der Waals surface area contributed by atoms with Crippen molar-refractivity contribution in [3.63, 3.8) is 0 Å². The van der Waals surface area contributed by atoms with E-state index in [0.717, 1.165) is 48.4 Å². The van der Waals surface area contributed by atoms with E-state index in [0.29, 0.717) is 0 Å². The molecule has 3 rings (SSSR count). The average molecular weight is 289 g/mol. The maximum absolute atomic E-state index is 6.25. The van der Waals surface area contributed by atoms with Crippen LogP contribution in [0.25, 0.3) is 0 Å². The molecule has 0 amide bonds. The number of anilines is 3. The molecule has 104 valence electrons. The molecule has 0 aliphatic carbocycles. The molecule has 1 aromatic carbocycles. The van der Waals surface area contributed by atoms with Gasteiger partial charge in [0.25, 0.3) is 0 Å². The fourth-order valence-electron chi connectivity index (χ4n) is 2.54. The van der Waals surface area contributed by atoms with E-state index in [-0.39, 0.29) is 0 Å². The molecule has 1 aromatic heterocycles. The molecule has 0 radical (unpaired) electrons. The second kappa shape index (κ2) is 5.59. The van der Waals surface area contributed by atoms with Gasteiger partial charge in [0.05, 0.1) is 16.4 Å². The fourth-order valence-corrected chi connectivity index (χ4v) is 2.80. The van der Waals surface area contributed by atoms with Crippen LogP contribution in [0, 0.1) is 0 Å². The van der Waals surface area contributed by atoms with Crippen molar-refractivity contribution in [1.29, 1.82) is 0 Å². The van der Waals surface area contributed by atoms with Gasteiger partial charge in [0.15, 0.2) is 5.82 Å². The molecule has 1 aliphatic rings. The lowest BCUT2D eigenvalue weighted by Crippen LogP contribution is -2.47. The van der Waals surface area contributed by atoms with Gasteiger partial charge in [-0.3, -0.25) is 0 Å². The van der Waals surface area contributed by atoms with Crippen molar-refractivity contribution < 1.29 is 0 Å². The van der Waals surface area contributed by atoms with Crippen molar-refractivity contribution in [3.8, 4) is 0 Å². The van der Waals surface area contributed by atoms with Crippen LogP contribution in [-0.2, 0) is 0 Å². The van der Waals surface area contributed by atoms with Gasteiger partial charge >= 0.3 is 0 Å². The Morgan fingerprint density at radius 1 is 0.950 bits per heavy atom. The number of nitrogens with two attached hydrogens (primary N) is 1. The molecule has 2 N–H and O–H groups in total. The van der Waals surface area contributed by atoms with Crippen molar-refractivity contribution in [2.24, 2.45) is 0 Å². The number of nitrogen functional groups attached to an aromatic ring is 1. The first-order valence-corrected chi connectivity index (χ1v) is 7.08. The van der Waals surface area contributed by atoms with E-state index in [4.69, 9.17) is 17.3 Å². The number of aromatic nitrogens is 1. The van der Waals surface area contributed by atoms with Crippen LogP contribution in [0.2, 0.25) is 5.02 Å². The topological polar surface area (TPSA) is 45.4 Å². The molecule has 1 aliphatic heterocycles. The number of piperazine rings is 1. The third kappa shape index (κ3) is 2.51. The highest BCUT2D eigenvalue weighted by Gasteiger charge is 2.20. The molecular formula is C15H17ClN4. The lowest BCUT2D eigenvalue weighted by atomic mass is 10.2. The van der Waals surface area contributed by atoms with Gasteiger partial charge in [-0.25, -0.2) is 4.98 Å². The molecule has 20 heavy (non-hydrogen) atoms. The number of nitrogens with zero attached hydrogens (tertiary/aromatic N) is 3. The minimum Gasteiger partial charge on any atom is -0.396 e. The van der Waals surface area contributed by atoms with Crippen molar-refractivity contribution >= 4 is 28.8 Å². The second-order valence-electron chi connectivity index (χ2n) is 4.84. The van der Waals surface area contributed by atoms with Crippen molar-refractivity contribution in [3.05, 3.63) is 47.6 Å². The van der Waals surface area contributed by atoms with Crippen molar-refractivity contribution in [2.75, 3.05) is 41.7 Å². The summed E-state index contributed by atoms with van der Waals surface area (Å²) in [6, 6.07) is 11.7. The van der Waals surface area contributed by atoms with Crippen LogP contribution in [0.3, 0.4) is 0 Å². The van der Waals surface area contributed by atoms with Crippen LogP contribution in [0.15, 0.2) is 42.6 Å². The largest absolute Gasteiger partial charge is 0.396 e. The molecule has 0 bridgehead atoms. The van der Waals surface area contributed by atoms with Crippen LogP contribution in [0.4, 0.5) is 17.2 Å². The Morgan fingerprint density at radius 2 is 1.65 bits per heavy atom. The van der Waals surface area contributed by atoms with E-state index in [9.17, 15) is 0 Å². The van der Waals surface area contributed by atoms with E-state index in [1.165, 1.54) is 0 Å². The maximum atomic E-state index is 6.25. The third-order valence-corrected chi connectivity index (χ3v) is 3.91. The zero-order valence-electron chi connectivity index (χ0n) is 11.2. The highest BCUT2D eigenvalue weighted by Crippen LogP contribution is 2.27. The first-order valence-electron chi connectivity index (χ1n) is 6.70. The molecule has 0 atom stereocenters. The monoisotopic (exact) mass is 288 g/mol. The molecule has 0 spiro atoms. The first kappa shape index (κ1) is 13.1. The first-order chi connectivity index (χ1) is 9.75. The van der Waals surface area contributed by atoms with Gasteiger partial charge in [0.1, 0.15) is 0 Å². The van der Waals surface area contributed by atoms with Gasteiger partial charge in [-0.2, -0.15) is 0 Å². The summed E-state index contributed by atoms with van der Waals surface area (Å²) >= 11 is 6.25. The Hall–Kier alpha value is -1.94. The summed E-state index contributed by atoms with van der Waals surface area (Å²) < 4.78 is 0. The summed E-state index contributed by atoms with van der Waals surface area (Å²) in [5.74, 6) is 0.881. The number of hydrogen-bond acceptors (Lipinski definition) is 4. The lowest BCUT2D eigenvalue weighted by molar-refractivity contribution is 0.648. The van der Waals surface area contributed by atoms with Crippen LogP contribution in [0.1, 0.15) is 0 Å². The molecule has 2 aromatic rings. The Morgan fingerprint density at radius 3 is 2.35 bits per heavy atom. The molecule has 1 saturated heterocycles. The Bertz CT molecular complexity index is 540. The summed E-state index contributed by atoms with van der Waals surface area (Å²) in [7, 11) is 0. The summed E-state index contributed by atoms with van der Waals surface area (Å²) in [6.07, 6.45) is 1.78. The number of para-hydroxylation sites is 1. The van der Waals surface area contributed by atoms with Crippen LogP contribution < -0.4 is 15.5 Å². The zero-order valence-corrected chi connectivity index (χ0v) is 11.9. The number of benzene rings is 1. The van der Waals surface area contributed by atoms with E-state index < -0.39 is 0 Å². The quantitative estimate of drug-likeness (QED) is 0.923. The van der Waals surface area contributed by atoms with Crippen molar-refractivity contribution in [1.82, 2.24) is 4.98 Å². The van der Waals surface area contributed by atoms with Gasteiger partial charge in [0.2, 0.25) is 0 Å². The van der Waals surface area contributed by atoms with E-state index in [1.54, 1.807) is 6.20 Å². The molecule has 0 saturated carbocycles.